The van der Waals surface area contributed by atoms with Crippen LogP contribution in [0, 0.1) is 6.92 Å². The van der Waals surface area contributed by atoms with Gasteiger partial charge in [-0.25, -0.2) is 4.98 Å². The number of oxazole rings is 1. The zero-order valence-corrected chi connectivity index (χ0v) is 17.2. The number of aryl methyl sites for hydroxylation is 1. The molecular formula is C24H22N2O2S. The number of rotatable bonds is 6. The van der Waals surface area contributed by atoms with Gasteiger partial charge in [0, 0.05) is 11.3 Å². The highest BCUT2D eigenvalue weighted by Crippen LogP contribution is 2.28. The first-order chi connectivity index (χ1) is 14.1. The predicted octanol–water partition coefficient (Wildman–Crippen LogP) is 5.92. The molecule has 0 spiro atoms. The molecule has 4 aromatic rings. The van der Waals surface area contributed by atoms with Crippen molar-refractivity contribution in [2.75, 3.05) is 0 Å². The summed E-state index contributed by atoms with van der Waals surface area (Å²) in [5, 5.41) is 3.70. The summed E-state index contributed by atoms with van der Waals surface area (Å²) in [7, 11) is 0. The van der Waals surface area contributed by atoms with E-state index in [1.54, 1.807) is 0 Å². The molecule has 1 heterocycles. The molecule has 3 aromatic carbocycles. The average molecular weight is 403 g/mol. The van der Waals surface area contributed by atoms with Crippen LogP contribution in [0.25, 0.3) is 11.1 Å². The highest BCUT2D eigenvalue weighted by atomic mass is 32.2. The number of thioether (sulfide) groups is 1. The van der Waals surface area contributed by atoms with Crippen molar-refractivity contribution in [3.63, 3.8) is 0 Å². The molecule has 0 bridgehead atoms. The Balaban J connectivity index is 1.42. The highest BCUT2D eigenvalue weighted by molar-refractivity contribution is 7.98. The van der Waals surface area contributed by atoms with Crippen molar-refractivity contribution in [1.29, 1.82) is 0 Å². The number of benzene rings is 3. The van der Waals surface area contributed by atoms with E-state index in [1.165, 1.54) is 11.8 Å². The molecule has 0 aliphatic rings. The Kier molecular flexibility index (Phi) is 5.67. The smallest absolute Gasteiger partial charge is 0.257 e. The molecule has 0 aliphatic carbocycles. The van der Waals surface area contributed by atoms with Crippen LogP contribution in [-0.4, -0.2) is 10.9 Å². The Morgan fingerprint density at radius 3 is 2.66 bits per heavy atom. The lowest BCUT2D eigenvalue weighted by atomic mass is 10.1. The van der Waals surface area contributed by atoms with E-state index in [1.807, 2.05) is 86.6 Å². The topological polar surface area (TPSA) is 55.1 Å². The van der Waals surface area contributed by atoms with Crippen LogP contribution < -0.4 is 5.32 Å². The van der Waals surface area contributed by atoms with E-state index in [0.29, 0.717) is 16.5 Å². The van der Waals surface area contributed by atoms with Crippen LogP contribution in [0.1, 0.15) is 40.0 Å². The van der Waals surface area contributed by atoms with Crippen LogP contribution in [0.5, 0.6) is 0 Å². The molecule has 0 aliphatic heterocycles. The van der Waals surface area contributed by atoms with Crippen molar-refractivity contribution in [3.8, 4) is 0 Å². The number of para-hydroxylation sites is 1. The van der Waals surface area contributed by atoms with Gasteiger partial charge in [0.05, 0.1) is 6.04 Å². The van der Waals surface area contributed by atoms with E-state index in [4.69, 9.17) is 4.42 Å². The van der Waals surface area contributed by atoms with E-state index in [-0.39, 0.29) is 11.9 Å². The van der Waals surface area contributed by atoms with Crippen molar-refractivity contribution < 1.29 is 9.21 Å². The molecule has 5 heteroatoms. The third kappa shape index (κ3) is 4.51. The Hall–Kier alpha value is -3.05. The van der Waals surface area contributed by atoms with E-state index < -0.39 is 0 Å². The zero-order valence-electron chi connectivity index (χ0n) is 16.4. The Morgan fingerprint density at radius 1 is 1.07 bits per heavy atom. The number of hydrogen-bond acceptors (Lipinski definition) is 4. The molecule has 1 N–H and O–H groups in total. The number of carbonyl (C=O) groups excluding carboxylic acids is 1. The number of amides is 1. The van der Waals surface area contributed by atoms with Crippen molar-refractivity contribution in [2.45, 2.75) is 30.9 Å². The minimum absolute atomic E-state index is 0.0512. The predicted molar refractivity (Wildman–Crippen MR) is 117 cm³/mol. The van der Waals surface area contributed by atoms with Crippen LogP contribution >= 0.6 is 11.8 Å². The van der Waals surface area contributed by atoms with Crippen molar-refractivity contribution >= 4 is 28.8 Å². The van der Waals surface area contributed by atoms with Crippen LogP contribution in [0.4, 0.5) is 0 Å². The highest BCUT2D eigenvalue weighted by Gasteiger charge is 2.13. The van der Waals surface area contributed by atoms with Gasteiger partial charge in [0.1, 0.15) is 5.52 Å². The van der Waals surface area contributed by atoms with Crippen LogP contribution in [0.15, 0.2) is 82.4 Å². The number of carbonyl (C=O) groups is 1. The second kappa shape index (κ2) is 8.53. The fourth-order valence-electron chi connectivity index (χ4n) is 3.18. The van der Waals surface area contributed by atoms with Crippen molar-refractivity contribution in [3.05, 3.63) is 95.1 Å². The maximum Gasteiger partial charge on any atom is 0.257 e. The number of aromatic nitrogens is 1. The molecule has 1 amide bonds. The van der Waals surface area contributed by atoms with E-state index in [0.717, 1.165) is 27.8 Å². The summed E-state index contributed by atoms with van der Waals surface area (Å²) in [4.78, 5) is 17.2. The second-order valence-corrected chi connectivity index (χ2v) is 7.92. The van der Waals surface area contributed by atoms with Gasteiger partial charge in [-0.2, -0.15) is 0 Å². The number of nitrogens with one attached hydrogen (secondary N) is 1. The maximum atomic E-state index is 12.7. The third-order valence-electron chi connectivity index (χ3n) is 4.80. The van der Waals surface area contributed by atoms with Gasteiger partial charge < -0.3 is 9.73 Å². The third-order valence-corrected chi connectivity index (χ3v) is 5.70. The summed E-state index contributed by atoms with van der Waals surface area (Å²) >= 11 is 1.53. The molecule has 29 heavy (non-hydrogen) atoms. The summed E-state index contributed by atoms with van der Waals surface area (Å²) in [5.41, 5.74) is 5.59. The summed E-state index contributed by atoms with van der Waals surface area (Å²) in [6.07, 6.45) is 0. The summed E-state index contributed by atoms with van der Waals surface area (Å²) in [5.74, 6) is 0.604. The Labute approximate surface area is 174 Å². The molecule has 4 nitrogen and oxygen atoms in total. The molecule has 0 saturated heterocycles. The molecule has 1 atom stereocenters. The summed E-state index contributed by atoms with van der Waals surface area (Å²) in [6, 6.07) is 23.5. The van der Waals surface area contributed by atoms with Crippen LogP contribution in [-0.2, 0) is 5.75 Å². The lowest BCUT2D eigenvalue weighted by Crippen LogP contribution is -2.26. The SMILES string of the molecule is Cc1cccc2oc(SCc3cccc(C(=O)NC(C)c4ccccc4)c3)nc12. The molecule has 0 saturated carbocycles. The number of hydrogen-bond donors (Lipinski definition) is 1. The standard InChI is InChI=1S/C24H22N2O2S/c1-16-8-6-13-21-22(16)26-24(28-21)29-15-18-9-7-12-20(14-18)23(27)25-17(2)19-10-4-3-5-11-19/h3-14,17H,15H2,1-2H3,(H,25,27). The monoisotopic (exact) mass is 402 g/mol. The number of nitrogens with zero attached hydrogens (tertiary/aromatic N) is 1. The molecule has 4 rings (SSSR count). The Morgan fingerprint density at radius 2 is 1.86 bits per heavy atom. The lowest BCUT2D eigenvalue weighted by Gasteiger charge is -2.14. The van der Waals surface area contributed by atoms with E-state index in [9.17, 15) is 4.79 Å². The van der Waals surface area contributed by atoms with E-state index >= 15 is 0 Å². The van der Waals surface area contributed by atoms with Gasteiger partial charge in [-0.1, -0.05) is 66.4 Å². The van der Waals surface area contributed by atoms with Crippen LogP contribution in [0.3, 0.4) is 0 Å². The first kappa shape index (κ1) is 19.3. The zero-order chi connectivity index (χ0) is 20.2. The second-order valence-electron chi connectivity index (χ2n) is 7.00. The largest absolute Gasteiger partial charge is 0.431 e. The van der Waals surface area contributed by atoms with Gasteiger partial charge in [-0.15, -0.1) is 0 Å². The Bertz CT molecular complexity index is 1140. The molecular weight excluding hydrogens is 380 g/mol. The van der Waals surface area contributed by atoms with Gasteiger partial charge in [0.25, 0.3) is 11.1 Å². The fourth-order valence-corrected chi connectivity index (χ4v) is 3.95. The first-order valence-electron chi connectivity index (χ1n) is 9.54. The molecule has 1 aromatic heterocycles. The van der Waals surface area contributed by atoms with Gasteiger partial charge in [-0.3, -0.25) is 4.79 Å². The maximum absolute atomic E-state index is 12.7. The van der Waals surface area contributed by atoms with Gasteiger partial charge >= 0.3 is 0 Å². The minimum Gasteiger partial charge on any atom is -0.431 e. The summed E-state index contributed by atoms with van der Waals surface area (Å²) in [6.45, 7) is 4.01. The van der Waals surface area contributed by atoms with E-state index in [2.05, 4.69) is 10.3 Å². The van der Waals surface area contributed by atoms with Crippen molar-refractivity contribution in [2.24, 2.45) is 0 Å². The molecule has 1 unspecified atom stereocenters. The average Bonchev–Trinajstić information content (AvgIpc) is 3.18. The summed E-state index contributed by atoms with van der Waals surface area (Å²) < 4.78 is 5.82. The molecule has 0 fully saturated rings. The minimum atomic E-state index is -0.0781. The van der Waals surface area contributed by atoms with Gasteiger partial charge in [0.15, 0.2) is 5.58 Å². The molecule has 146 valence electrons. The van der Waals surface area contributed by atoms with Crippen LogP contribution in [0.2, 0.25) is 0 Å². The normalized spacial score (nSPS) is 12.1. The lowest BCUT2D eigenvalue weighted by molar-refractivity contribution is 0.0940. The first-order valence-corrected chi connectivity index (χ1v) is 10.5. The quantitative estimate of drug-likeness (QED) is 0.407. The number of fused-ring (bicyclic) bond motifs is 1. The van der Waals surface area contributed by atoms with Crippen molar-refractivity contribution in [1.82, 2.24) is 10.3 Å². The van der Waals surface area contributed by atoms with Gasteiger partial charge in [-0.05, 0) is 48.7 Å². The molecule has 0 radical (unpaired) electrons. The fraction of sp³-hybridized carbons (Fsp3) is 0.167. The van der Waals surface area contributed by atoms with Gasteiger partial charge in [0.2, 0.25) is 0 Å².